The smallest absolute Gasteiger partial charge is 0.282 e. The summed E-state index contributed by atoms with van der Waals surface area (Å²) in [5, 5.41) is 8.13. The van der Waals surface area contributed by atoms with Gasteiger partial charge in [0.1, 0.15) is 17.9 Å². The second-order valence-electron chi connectivity index (χ2n) is 10.3. The highest BCUT2D eigenvalue weighted by Crippen LogP contribution is 2.35. The molecular weight excluding hydrogens is 681 g/mol. The van der Waals surface area contributed by atoms with E-state index in [0.717, 1.165) is 25.3 Å². The first kappa shape index (κ1) is 28.6. The van der Waals surface area contributed by atoms with E-state index in [1.165, 1.54) is 4.68 Å². The Morgan fingerprint density at radius 1 is 0.844 bits per heavy atom. The summed E-state index contributed by atoms with van der Waals surface area (Å²) >= 11 is 2.22. The molecule has 0 amide bonds. The minimum atomic E-state index is -0.323. The molecule has 9 heteroatoms. The molecule has 0 fully saturated rings. The first-order valence-electron chi connectivity index (χ1n) is 14.1. The zero-order valence-electron chi connectivity index (χ0n) is 24.4. The summed E-state index contributed by atoms with van der Waals surface area (Å²) in [5.74, 6) is 2.50. The van der Waals surface area contributed by atoms with E-state index in [1.54, 1.807) is 38.6 Å². The van der Waals surface area contributed by atoms with E-state index in [0.29, 0.717) is 51.7 Å². The highest BCUT2D eigenvalue weighted by molar-refractivity contribution is 14.1. The number of aromatic nitrogens is 2. The van der Waals surface area contributed by atoms with E-state index < -0.39 is 0 Å². The van der Waals surface area contributed by atoms with Gasteiger partial charge in [-0.05, 0) is 87.0 Å². The molecular formula is C36H26IN3O5. The molecule has 0 atom stereocenters. The lowest BCUT2D eigenvalue weighted by atomic mass is 10.1. The van der Waals surface area contributed by atoms with Crippen molar-refractivity contribution in [2.45, 2.75) is 6.61 Å². The SMILES string of the molecule is COc1cc(C=Nn2c(-c3cc4c(OC)cccc4o3)nc3ccccc3c2=O)cc(I)c1OCc1cccc2ccccc12. The standard InChI is InChI=1S/C36H26IN3O5/c1-42-30-15-8-16-31-27(30)19-33(45-31)35-39-29-14-6-5-13-26(29)36(41)40(35)38-20-22-17-28(37)34(32(18-22)43-2)44-21-24-11-7-10-23-9-3-4-12-25(23)24/h3-20H,21H2,1-2H3. The van der Waals surface area contributed by atoms with Gasteiger partial charge in [-0.3, -0.25) is 4.79 Å². The van der Waals surface area contributed by atoms with Crippen LogP contribution in [0.15, 0.2) is 117 Å². The van der Waals surface area contributed by atoms with Crippen molar-refractivity contribution in [2.75, 3.05) is 14.2 Å². The van der Waals surface area contributed by atoms with Gasteiger partial charge in [0.25, 0.3) is 5.56 Å². The highest BCUT2D eigenvalue weighted by Gasteiger charge is 2.18. The number of benzene rings is 5. The Hall–Kier alpha value is -5.16. The van der Waals surface area contributed by atoms with Crippen LogP contribution in [0.5, 0.6) is 17.2 Å². The number of hydrogen-bond donors (Lipinski definition) is 0. The number of ether oxygens (including phenoxy) is 3. The highest BCUT2D eigenvalue weighted by atomic mass is 127. The summed E-state index contributed by atoms with van der Waals surface area (Å²) in [6.45, 7) is 0.380. The minimum absolute atomic E-state index is 0.268. The Balaban J connectivity index is 1.26. The van der Waals surface area contributed by atoms with Crippen LogP contribution in [0.1, 0.15) is 11.1 Å². The number of nitrogens with zero attached hydrogens (tertiary/aromatic N) is 3. The van der Waals surface area contributed by atoms with Gasteiger partial charge in [-0.15, -0.1) is 0 Å². The predicted octanol–water partition coefficient (Wildman–Crippen LogP) is 8.05. The van der Waals surface area contributed by atoms with Crippen LogP contribution in [-0.2, 0) is 6.61 Å². The molecule has 0 unspecified atom stereocenters. The number of furan rings is 1. The molecule has 0 aliphatic heterocycles. The molecule has 0 N–H and O–H groups in total. The Morgan fingerprint density at radius 2 is 1.60 bits per heavy atom. The molecule has 2 aromatic heterocycles. The first-order chi connectivity index (χ1) is 22.0. The molecule has 0 bridgehead atoms. The van der Waals surface area contributed by atoms with E-state index in [-0.39, 0.29) is 11.4 Å². The lowest BCUT2D eigenvalue weighted by molar-refractivity contribution is 0.283. The molecule has 2 heterocycles. The van der Waals surface area contributed by atoms with Crippen molar-refractivity contribution in [1.29, 1.82) is 0 Å². The molecule has 7 aromatic rings. The molecule has 8 nitrogen and oxygen atoms in total. The van der Waals surface area contributed by atoms with E-state index in [1.807, 2.05) is 60.7 Å². The van der Waals surface area contributed by atoms with E-state index in [2.05, 4.69) is 52.0 Å². The van der Waals surface area contributed by atoms with Gasteiger partial charge in [-0.2, -0.15) is 9.78 Å². The molecule has 45 heavy (non-hydrogen) atoms. The van der Waals surface area contributed by atoms with E-state index in [9.17, 15) is 4.79 Å². The van der Waals surface area contributed by atoms with Gasteiger partial charge in [0.15, 0.2) is 17.3 Å². The van der Waals surface area contributed by atoms with Crippen molar-refractivity contribution < 1.29 is 18.6 Å². The monoisotopic (exact) mass is 707 g/mol. The average Bonchev–Trinajstić information content (AvgIpc) is 3.52. The summed E-state index contributed by atoms with van der Waals surface area (Å²) in [5.41, 5.74) is 2.62. The van der Waals surface area contributed by atoms with Crippen molar-refractivity contribution in [3.63, 3.8) is 0 Å². The molecule has 7 rings (SSSR count). The Labute approximate surface area is 271 Å². The molecule has 0 radical (unpaired) electrons. The van der Waals surface area contributed by atoms with Crippen LogP contribution in [0.4, 0.5) is 0 Å². The van der Waals surface area contributed by atoms with E-state index in [4.69, 9.17) is 23.6 Å². The third-order valence-electron chi connectivity index (χ3n) is 7.54. The lowest BCUT2D eigenvalue weighted by Gasteiger charge is -2.14. The van der Waals surface area contributed by atoms with Gasteiger partial charge in [-0.1, -0.05) is 60.7 Å². The second-order valence-corrected chi connectivity index (χ2v) is 11.4. The summed E-state index contributed by atoms with van der Waals surface area (Å²) in [7, 11) is 3.20. The molecule has 0 saturated heterocycles. The minimum Gasteiger partial charge on any atom is -0.496 e. The zero-order valence-corrected chi connectivity index (χ0v) is 26.5. The van der Waals surface area contributed by atoms with Crippen LogP contribution in [0, 0.1) is 3.57 Å². The van der Waals surface area contributed by atoms with Gasteiger partial charge >= 0.3 is 0 Å². The van der Waals surface area contributed by atoms with Crippen LogP contribution in [-0.4, -0.2) is 30.1 Å². The summed E-state index contributed by atoms with van der Waals surface area (Å²) in [4.78, 5) is 18.5. The van der Waals surface area contributed by atoms with Gasteiger partial charge in [-0.25, -0.2) is 4.98 Å². The molecule has 5 aromatic carbocycles. The largest absolute Gasteiger partial charge is 0.496 e. The molecule has 0 aliphatic carbocycles. The van der Waals surface area contributed by atoms with Crippen molar-refractivity contribution in [3.8, 4) is 28.8 Å². The van der Waals surface area contributed by atoms with Gasteiger partial charge < -0.3 is 18.6 Å². The number of fused-ring (bicyclic) bond motifs is 3. The second kappa shape index (κ2) is 12.1. The fourth-order valence-corrected chi connectivity index (χ4v) is 6.14. The molecule has 0 spiro atoms. The summed E-state index contributed by atoms with van der Waals surface area (Å²) < 4.78 is 25.8. The maximum Gasteiger partial charge on any atom is 0.282 e. The topological polar surface area (TPSA) is 88.1 Å². The molecule has 0 aliphatic rings. The number of rotatable bonds is 8. The fourth-order valence-electron chi connectivity index (χ4n) is 5.36. The lowest BCUT2D eigenvalue weighted by Crippen LogP contribution is -2.20. The maximum absolute atomic E-state index is 13.7. The van der Waals surface area contributed by atoms with Crippen LogP contribution in [0.25, 0.3) is 44.2 Å². The fraction of sp³-hybridized carbons (Fsp3) is 0.0833. The number of para-hydroxylation sites is 1. The summed E-state index contributed by atoms with van der Waals surface area (Å²) in [6, 6.07) is 32.7. The first-order valence-corrected chi connectivity index (χ1v) is 15.2. The maximum atomic E-state index is 13.7. The zero-order chi connectivity index (χ0) is 30.9. The quantitative estimate of drug-likeness (QED) is 0.117. The number of halogens is 1. The van der Waals surface area contributed by atoms with Crippen LogP contribution < -0.4 is 19.8 Å². The molecule has 222 valence electrons. The van der Waals surface area contributed by atoms with Crippen LogP contribution in [0.3, 0.4) is 0 Å². The van der Waals surface area contributed by atoms with Crippen molar-refractivity contribution in [1.82, 2.24) is 9.66 Å². The average molecular weight is 708 g/mol. The third kappa shape index (κ3) is 5.40. The van der Waals surface area contributed by atoms with Crippen LogP contribution in [0.2, 0.25) is 0 Å². The Kier molecular flexibility index (Phi) is 7.68. The van der Waals surface area contributed by atoms with Gasteiger partial charge in [0, 0.05) is 0 Å². The van der Waals surface area contributed by atoms with Crippen molar-refractivity contribution >= 4 is 61.5 Å². The van der Waals surface area contributed by atoms with Crippen molar-refractivity contribution in [2.24, 2.45) is 5.10 Å². The van der Waals surface area contributed by atoms with E-state index >= 15 is 0 Å². The Morgan fingerprint density at radius 3 is 2.44 bits per heavy atom. The van der Waals surface area contributed by atoms with Gasteiger partial charge in [0.05, 0.1) is 40.3 Å². The molecule has 0 saturated carbocycles. The number of methoxy groups -OCH3 is 2. The van der Waals surface area contributed by atoms with Crippen molar-refractivity contribution in [3.05, 3.63) is 128 Å². The third-order valence-corrected chi connectivity index (χ3v) is 8.34. The van der Waals surface area contributed by atoms with Crippen LogP contribution >= 0.6 is 22.6 Å². The van der Waals surface area contributed by atoms with Gasteiger partial charge in [0.2, 0.25) is 5.82 Å². The normalized spacial score (nSPS) is 11.5. The predicted molar refractivity (Wildman–Crippen MR) is 185 cm³/mol. The number of hydrogen-bond acceptors (Lipinski definition) is 7. The Bertz CT molecular complexity index is 2300. The summed E-state index contributed by atoms with van der Waals surface area (Å²) in [6.07, 6.45) is 1.60.